The minimum Gasteiger partial charge on any atom is -0.494 e. The van der Waals surface area contributed by atoms with E-state index < -0.39 is 0 Å². The zero-order valence-corrected chi connectivity index (χ0v) is 12.3. The number of ether oxygens (including phenoxy) is 1. The van der Waals surface area contributed by atoms with E-state index in [1.165, 1.54) is 38.0 Å². The lowest BCUT2D eigenvalue weighted by atomic mass is 10.1. The molecular formula is C16H25N3O. The molecule has 1 unspecified atom stereocenters. The highest BCUT2D eigenvalue weighted by Gasteiger charge is 2.30. The number of nitrogen functional groups attached to an aromatic ring is 1. The van der Waals surface area contributed by atoms with Crippen LogP contribution in [0.15, 0.2) is 18.2 Å². The number of benzene rings is 1. The maximum absolute atomic E-state index is 5.93. The molecule has 2 heterocycles. The molecule has 2 fully saturated rings. The number of hydrogen-bond acceptors (Lipinski definition) is 4. The number of piperazine rings is 1. The fourth-order valence-electron chi connectivity index (χ4n) is 3.46. The van der Waals surface area contributed by atoms with Crippen molar-refractivity contribution in [1.29, 1.82) is 0 Å². The summed E-state index contributed by atoms with van der Waals surface area (Å²) >= 11 is 0. The van der Waals surface area contributed by atoms with Gasteiger partial charge in [0.2, 0.25) is 0 Å². The number of nitrogens with zero attached hydrogens (tertiary/aromatic N) is 2. The van der Waals surface area contributed by atoms with Gasteiger partial charge >= 0.3 is 0 Å². The van der Waals surface area contributed by atoms with Gasteiger partial charge < -0.3 is 10.5 Å². The van der Waals surface area contributed by atoms with E-state index >= 15 is 0 Å². The maximum Gasteiger partial charge on any atom is 0.123 e. The van der Waals surface area contributed by atoms with Crippen LogP contribution in [0.1, 0.15) is 25.3 Å². The lowest BCUT2D eigenvalue weighted by Crippen LogP contribution is -2.49. The summed E-state index contributed by atoms with van der Waals surface area (Å²) in [6, 6.07) is 6.75. The van der Waals surface area contributed by atoms with Crippen molar-refractivity contribution < 1.29 is 4.74 Å². The van der Waals surface area contributed by atoms with Crippen molar-refractivity contribution >= 4 is 5.69 Å². The van der Waals surface area contributed by atoms with Gasteiger partial charge in [0.1, 0.15) is 5.75 Å². The van der Waals surface area contributed by atoms with Crippen molar-refractivity contribution in [2.45, 2.75) is 32.4 Å². The van der Waals surface area contributed by atoms with Crippen LogP contribution in [-0.4, -0.2) is 48.6 Å². The summed E-state index contributed by atoms with van der Waals surface area (Å²) in [6.07, 6.45) is 2.72. The number of nitrogens with two attached hydrogens (primary N) is 1. The predicted molar refractivity (Wildman–Crippen MR) is 81.9 cm³/mol. The van der Waals surface area contributed by atoms with Gasteiger partial charge in [0.25, 0.3) is 0 Å². The fourth-order valence-corrected chi connectivity index (χ4v) is 3.46. The summed E-state index contributed by atoms with van der Waals surface area (Å²) in [5, 5.41) is 0. The minimum absolute atomic E-state index is 0.702. The summed E-state index contributed by atoms with van der Waals surface area (Å²) in [4.78, 5) is 5.18. The minimum atomic E-state index is 0.702. The van der Waals surface area contributed by atoms with Crippen LogP contribution in [-0.2, 0) is 6.54 Å². The Kier molecular flexibility index (Phi) is 4.13. The van der Waals surface area contributed by atoms with E-state index in [1.807, 2.05) is 19.1 Å². The average Bonchev–Trinajstić information content (AvgIpc) is 2.89. The van der Waals surface area contributed by atoms with Crippen molar-refractivity contribution in [2.24, 2.45) is 0 Å². The Morgan fingerprint density at radius 2 is 2.20 bits per heavy atom. The second kappa shape index (κ2) is 6.02. The van der Waals surface area contributed by atoms with Gasteiger partial charge in [0.05, 0.1) is 6.61 Å². The molecule has 4 heteroatoms. The van der Waals surface area contributed by atoms with Crippen LogP contribution in [0.3, 0.4) is 0 Å². The van der Waals surface area contributed by atoms with E-state index in [-0.39, 0.29) is 0 Å². The van der Waals surface area contributed by atoms with Crippen LogP contribution in [0.5, 0.6) is 5.75 Å². The second-order valence-electron chi connectivity index (χ2n) is 5.87. The van der Waals surface area contributed by atoms with E-state index in [9.17, 15) is 0 Å². The maximum atomic E-state index is 5.93. The van der Waals surface area contributed by atoms with Gasteiger partial charge in [-0.15, -0.1) is 0 Å². The molecule has 4 nitrogen and oxygen atoms in total. The number of hydrogen-bond donors (Lipinski definition) is 1. The third-order valence-electron chi connectivity index (χ3n) is 4.45. The molecule has 0 bridgehead atoms. The zero-order valence-electron chi connectivity index (χ0n) is 12.3. The van der Waals surface area contributed by atoms with Crippen molar-refractivity contribution in [2.75, 3.05) is 38.5 Å². The lowest BCUT2D eigenvalue weighted by Gasteiger charge is -2.37. The predicted octanol–water partition coefficient (Wildman–Crippen LogP) is 1.95. The highest BCUT2D eigenvalue weighted by Crippen LogP contribution is 2.26. The summed E-state index contributed by atoms with van der Waals surface area (Å²) in [5.41, 5.74) is 7.97. The Morgan fingerprint density at radius 3 is 3.05 bits per heavy atom. The second-order valence-corrected chi connectivity index (χ2v) is 5.87. The molecule has 3 rings (SSSR count). The first-order valence-electron chi connectivity index (χ1n) is 7.74. The largest absolute Gasteiger partial charge is 0.494 e. The number of anilines is 1. The van der Waals surface area contributed by atoms with Gasteiger partial charge in [-0.25, -0.2) is 0 Å². The molecule has 1 atom stereocenters. The van der Waals surface area contributed by atoms with Crippen LogP contribution < -0.4 is 10.5 Å². The Morgan fingerprint density at radius 1 is 1.30 bits per heavy atom. The molecule has 2 N–H and O–H groups in total. The summed E-state index contributed by atoms with van der Waals surface area (Å²) in [5.74, 6) is 0.982. The molecule has 0 amide bonds. The van der Waals surface area contributed by atoms with E-state index in [2.05, 4.69) is 15.9 Å². The molecule has 0 aliphatic carbocycles. The molecule has 0 saturated carbocycles. The summed E-state index contributed by atoms with van der Waals surface area (Å²) in [6.45, 7) is 8.50. The van der Waals surface area contributed by atoms with Gasteiger partial charge in [-0.2, -0.15) is 0 Å². The average molecular weight is 275 g/mol. The summed E-state index contributed by atoms with van der Waals surface area (Å²) < 4.78 is 5.73. The fraction of sp³-hybridized carbons (Fsp3) is 0.625. The van der Waals surface area contributed by atoms with Crippen LogP contribution >= 0.6 is 0 Å². The first-order chi connectivity index (χ1) is 9.76. The van der Waals surface area contributed by atoms with Gasteiger partial charge in [-0.1, -0.05) is 0 Å². The Hall–Kier alpha value is -1.26. The molecule has 110 valence electrons. The van der Waals surface area contributed by atoms with E-state index in [0.29, 0.717) is 6.61 Å². The molecule has 1 aromatic carbocycles. The highest BCUT2D eigenvalue weighted by atomic mass is 16.5. The quantitative estimate of drug-likeness (QED) is 0.853. The molecule has 20 heavy (non-hydrogen) atoms. The smallest absolute Gasteiger partial charge is 0.123 e. The highest BCUT2D eigenvalue weighted by molar-refractivity contribution is 5.47. The van der Waals surface area contributed by atoms with Gasteiger partial charge in [0, 0.05) is 43.5 Å². The number of rotatable bonds is 4. The first-order valence-corrected chi connectivity index (χ1v) is 7.74. The monoisotopic (exact) mass is 275 g/mol. The molecule has 2 saturated heterocycles. The van der Waals surface area contributed by atoms with Gasteiger partial charge in [-0.3, -0.25) is 9.80 Å². The van der Waals surface area contributed by atoms with Crippen LogP contribution in [0, 0.1) is 0 Å². The van der Waals surface area contributed by atoms with Gasteiger partial charge in [0.15, 0.2) is 0 Å². The molecule has 0 radical (unpaired) electrons. The Balaban J connectivity index is 1.69. The van der Waals surface area contributed by atoms with Crippen LogP contribution in [0.4, 0.5) is 5.69 Å². The standard InChI is InChI=1S/C16H25N3O/c1-2-20-16-6-5-14(17)10-13(16)11-18-8-9-19-7-3-4-15(19)12-18/h5-6,10,15H,2-4,7-9,11-12,17H2,1H3. The third kappa shape index (κ3) is 2.91. The third-order valence-corrected chi connectivity index (χ3v) is 4.45. The number of fused-ring (bicyclic) bond motifs is 1. The zero-order chi connectivity index (χ0) is 13.9. The van der Waals surface area contributed by atoms with Crippen molar-refractivity contribution in [3.8, 4) is 5.75 Å². The van der Waals surface area contributed by atoms with Crippen molar-refractivity contribution in [3.05, 3.63) is 23.8 Å². The van der Waals surface area contributed by atoms with Crippen LogP contribution in [0.25, 0.3) is 0 Å². The normalized spacial score (nSPS) is 23.8. The van der Waals surface area contributed by atoms with Gasteiger partial charge in [-0.05, 0) is 44.5 Å². The molecule has 2 aliphatic heterocycles. The topological polar surface area (TPSA) is 41.7 Å². The Bertz CT molecular complexity index is 463. The first kappa shape index (κ1) is 13.7. The lowest BCUT2D eigenvalue weighted by molar-refractivity contribution is 0.0986. The van der Waals surface area contributed by atoms with Crippen molar-refractivity contribution in [3.63, 3.8) is 0 Å². The molecule has 0 aromatic heterocycles. The molecule has 2 aliphatic rings. The van der Waals surface area contributed by atoms with E-state index in [4.69, 9.17) is 10.5 Å². The molecule has 1 aromatic rings. The van der Waals surface area contributed by atoms with Crippen LogP contribution in [0.2, 0.25) is 0 Å². The Labute approximate surface area is 121 Å². The van der Waals surface area contributed by atoms with E-state index in [1.54, 1.807) is 0 Å². The van der Waals surface area contributed by atoms with Crippen molar-refractivity contribution in [1.82, 2.24) is 9.80 Å². The SMILES string of the molecule is CCOc1ccc(N)cc1CN1CCN2CCCC2C1. The molecule has 0 spiro atoms. The summed E-state index contributed by atoms with van der Waals surface area (Å²) in [7, 11) is 0. The molecular weight excluding hydrogens is 250 g/mol. The van der Waals surface area contributed by atoms with E-state index in [0.717, 1.165) is 30.6 Å².